The Balaban J connectivity index is 1.23. The van der Waals surface area contributed by atoms with Crippen molar-refractivity contribution in [2.45, 2.75) is 63.2 Å². The number of piperidine rings is 1. The molecule has 2 N–H and O–H groups in total. The zero-order valence-electron chi connectivity index (χ0n) is 17.4. The van der Waals surface area contributed by atoms with Gasteiger partial charge in [0.2, 0.25) is 0 Å². The molecule has 1 aliphatic carbocycles. The summed E-state index contributed by atoms with van der Waals surface area (Å²) >= 11 is 0. The molecule has 2 aromatic carbocycles. The number of anilines is 1. The van der Waals surface area contributed by atoms with Crippen LogP contribution in [-0.2, 0) is 6.61 Å². The normalized spacial score (nSPS) is 19.8. The molecule has 2 aliphatic rings. The highest BCUT2D eigenvalue weighted by Gasteiger charge is 2.32. The van der Waals surface area contributed by atoms with Crippen molar-refractivity contribution in [3.8, 4) is 5.75 Å². The summed E-state index contributed by atoms with van der Waals surface area (Å²) in [5, 5.41) is 14.6. The minimum Gasteiger partial charge on any atom is -0.489 e. The van der Waals surface area contributed by atoms with E-state index in [0.29, 0.717) is 12.6 Å². The van der Waals surface area contributed by atoms with Crippen molar-refractivity contribution in [2.24, 2.45) is 0 Å². The maximum Gasteiger partial charge on any atom is 0.119 e. The Bertz CT molecular complexity index is 733. The van der Waals surface area contributed by atoms with Gasteiger partial charge in [-0.25, -0.2) is 0 Å². The number of ether oxygens (including phenoxy) is 1. The molecular weight excluding hydrogens is 360 g/mol. The summed E-state index contributed by atoms with van der Waals surface area (Å²) in [6, 6.07) is 19.2. The van der Waals surface area contributed by atoms with Crippen LogP contribution in [0.25, 0.3) is 0 Å². The largest absolute Gasteiger partial charge is 0.489 e. The Morgan fingerprint density at radius 2 is 1.62 bits per heavy atom. The zero-order valence-corrected chi connectivity index (χ0v) is 17.4. The van der Waals surface area contributed by atoms with Crippen molar-refractivity contribution in [1.82, 2.24) is 5.32 Å². The second-order valence-electron chi connectivity index (χ2n) is 8.70. The highest BCUT2D eigenvalue weighted by Crippen LogP contribution is 2.28. The standard InChI is InChI=1S/C25H34N2O2/c28-25(20-26-22-9-5-2-6-10-22)15-17-27(18-16-25)23-11-13-24(14-12-23)29-19-21-7-3-1-4-8-21/h1,3-4,7-8,11-14,22,26,28H,2,5-6,9-10,15-20H2. The lowest BCUT2D eigenvalue weighted by molar-refractivity contribution is 0.0132. The van der Waals surface area contributed by atoms with E-state index >= 15 is 0 Å². The lowest BCUT2D eigenvalue weighted by Gasteiger charge is -2.40. The van der Waals surface area contributed by atoms with E-state index in [0.717, 1.165) is 38.2 Å². The molecule has 156 valence electrons. The van der Waals surface area contributed by atoms with E-state index < -0.39 is 5.60 Å². The van der Waals surface area contributed by atoms with Crippen molar-refractivity contribution >= 4 is 5.69 Å². The summed E-state index contributed by atoms with van der Waals surface area (Å²) in [5.74, 6) is 0.891. The first kappa shape index (κ1) is 20.2. The van der Waals surface area contributed by atoms with Gasteiger partial charge in [0.1, 0.15) is 12.4 Å². The molecular formula is C25H34N2O2. The molecule has 1 saturated heterocycles. The second-order valence-corrected chi connectivity index (χ2v) is 8.70. The van der Waals surface area contributed by atoms with Gasteiger partial charge in [0, 0.05) is 31.4 Å². The lowest BCUT2D eigenvalue weighted by Crippen LogP contribution is -2.51. The van der Waals surface area contributed by atoms with Crippen LogP contribution in [0.4, 0.5) is 5.69 Å². The molecule has 0 bridgehead atoms. The maximum atomic E-state index is 11.0. The third-order valence-electron chi connectivity index (χ3n) is 6.47. The van der Waals surface area contributed by atoms with Gasteiger partial charge in [0.25, 0.3) is 0 Å². The van der Waals surface area contributed by atoms with Gasteiger partial charge in [-0.1, -0.05) is 49.6 Å². The summed E-state index contributed by atoms with van der Waals surface area (Å²) in [6.45, 7) is 3.11. The number of hydrogen-bond acceptors (Lipinski definition) is 4. The minimum atomic E-state index is -0.563. The fraction of sp³-hybridized carbons (Fsp3) is 0.520. The average Bonchev–Trinajstić information content (AvgIpc) is 2.79. The molecule has 2 aromatic rings. The molecule has 0 radical (unpaired) electrons. The summed E-state index contributed by atoms with van der Waals surface area (Å²) < 4.78 is 5.89. The van der Waals surface area contributed by atoms with E-state index in [1.165, 1.54) is 43.4 Å². The van der Waals surface area contributed by atoms with Crippen LogP contribution < -0.4 is 15.0 Å². The highest BCUT2D eigenvalue weighted by atomic mass is 16.5. The predicted octanol–water partition coefficient (Wildman–Crippen LogP) is 4.52. The fourth-order valence-electron chi connectivity index (χ4n) is 4.49. The third-order valence-corrected chi connectivity index (χ3v) is 6.47. The smallest absolute Gasteiger partial charge is 0.119 e. The van der Waals surface area contributed by atoms with Crippen molar-refractivity contribution in [2.75, 3.05) is 24.5 Å². The van der Waals surface area contributed by atoms with Gasteiger partial charge >= 0.3 is 0 Å². The van der Waals surface area contributed by atoms with Gasteiger partial charge in [-0.05, 0) is 55.5 Å². The molecule has 0 unspecified atom stereocenters. The van der Waals surface area contributed by atoms with Crippen LogP contribution in [0.2, 0.25) is 0 Å². The van der Waals surface area contributed by atoms with Crippen LogP contribution in [0, 0.1) is 0 Å². The molecule has 4 nitrogen and oxygen atoms in total. The maximum absolute atomic E-state index is 11.0. The number of hydrogen-bond donors (Lipinski definition) is 2. The quantitative estimate of drug-likeness (QED) is 0.725. The zero-order chi connectivity index (χ0) is 19.9. The Morgan fingerprint density at radius 1 is 0.931 bits per heavy atom. The summed E-state index contributed by atoms with van der Waals surface area (Å²) in [7, 11) is 0. The summed E-state index contributed by atoms with van der Waals surface area (Å²) in [5.41, 5.74) is 1.82. The Labute approximate surface area is 174 Å². The Hall–Kier alpha value is -2.04. The molecule has 1 aliphatic heterocycles. The molecule has 2 fully saturated rings. The molecule has 0 spiro atoms. The minimum absolute atomic E-state index is 0.563. The van der Waals surface area contributed by atoms with Gasteiger partial charge in [0.15, 0.2) is 0 Å². The van der Waals surface area contributed by atoms with Gasteiger partial charge in [-0.2, -0.15) is 0 Å². The van der Waals surface area contributed by atoms with Crippen molar-refractivity contribution < 1.29 is 9.84 Å². The summed E-state index contributed by atoms with van der Waals surface area (Å²) in [6.07, 6.45) is 8.19. The molecule has 1 heterocycles. The number of benzene rings is 2. The average molecular weight is 395 g/mol. The highest BCUT2D eigenvalue weighted by molar-refractivity contribution is 5.49. The first-order valence-corrected chi connectivity index (χ1v) is 11.2. The van der Waals surface area contributed by atoms with E-state index in [2.05, 4.69) is 34.5 Å². The van der Waals surface area contributed by atoms with Gasteiger partial charge < -0.3 is 20.1 Å². The molecule has 0 atom stereocenters. The molecule has 0 aromatic heterocycles. The Kier molecular flexibility index (Phi) is 6.73. The molecule has 4 heteroatoms. The number of aliphatic hydroxyl groups is 1. The van der Waals surface area contributed by atoms with E-state index in [-0.39, 0.29) is 0 Å². The van der Waals surface area contributed by atoms with Gasteiger partial charge in [-0.3, -0.25) is 0 Å². The first-order valence-electron chi connectivity index (χ1n) is 11.2. The third kappa shape index (κ3) is 5.74. The van der Waals surface area contributed by atoms with Gasteiger partial charge in [-0.15, -0.1) is 0 Å². The van der Waals surface area contributed by atoms with Crippen LogP contribution >= 0.6 is 0 Å². The van der Waals surface area contributed by atoms with Crippen LogP contribution in [0.1, 0.15) is 50.5 Å². The van der Waals surface area contributed by atoms with E-state index in [1.807, 2.05) is 30.3 Å². The van der Waals surface area contributed by atoms with E-state index in [1.54, 1.807) is 0 Å². The van der Waals surface area contributed by atoms with Crippen molar-refractivity contribution in [3.63, 3.8) is 0 Å². The molecule has 29 heavy (non-hydrogen) atoms. The lowest BCUT2D eigenvalue weighted by atomic mass is 9.89. The summed E-state index contributed by atoms with van der Waals surface area (Å²) in [4.78, 5) is 2.37. The first-order chi connectivity index (χ1) is 14.2. The molecule has 0 amide bonds. The van der Waals surface area contributed by atoms with Crippen LogP contribution in [0.5, 0.6) is 5.75 Å². The predicted molar refractivity (Wildman–Crippen MR) is 118 cm³/mol. The van der Waals surface area contributed by atoms with Crippen molar-refractivity contribution in [1.29, 1.82) is 0 Å². The fourth-order valence-corrected chi connectivity index (χ4v) is 4.49. The van der Waals surface area contributed by atoms with E-state index in [4.69, 9.17) is 4.74 Å². The van der Waals surface area contributed by atoms with Gasteiger partial charge in [0.05, 0.1) is 5.60 Å². The second kappa shape index (κ2) is 9.64. The SMILES string of the molecule is OC1(CNC2CCCCC2)CCN(c2ccc(OCc3ccccc3)cc2)CC1. The monoisotopic (exact) mass is 394 g/mol. The van der Waals surface area contributed by atoms with Crippen LogP contribution in [-0.4, -0.2) is 36.4 Å². The Morgan fingerprint density at radius 3 is 2.31 bits per heavy atom. The van der Waals surface area contributed by atoms with Crippen molar-refractivity contribution in [3.05, 3.63) is 60.2 Å². The molecule has 1 saturated carbocycles. The van der Waals surface area contributed by atoms with Crippen LogP contribution in [0.15, 0.2) is 54.6 Å². The van der Waals surface area contributed by atoms with Crippen LogP contribution in [0.3, 0.4) is 0 Å². The molecule has 4 rings (SSSR count). The number of nitrogens with one attached hydrogen (secondary N) is 1. The van der Waals surface area contributed by atoms with E-state index in [9.17, 15) is 5.11 Å². The number of rotatable bonds is 7. The number of nitrogens with zero attached hydrogens (tertiary/aromatic N) is 1. The topological polar surface area (TPSA) is 44.7 Å².